The van der Waals surface area contributed by atoms with Crippen LogP contribution in [0.1, 0.15) is 16.3 Å². The van der Waals surface area contributed by atoms with Crippen LogP contribution in [-0.2, 0) is 6.42 Å². The van der Waals surface area contributed by atoms with E-state index in [9.17, 15) is 0 Å². The zero-order valence-electron chi connectivity index (χ0n) is 10.3. The Morgan fingerprint density at radius 3 is 2.45 bits per heavy atom. The highest BCUT2D eigenvalue weighted by Gasteiger charge is 2.18. The molecule has 0 spiro atoms. The fourth-order valence-corrected chi connectivity index (χ4v) is 3.77. The molecule has 0 N–H and O–H groups in total. The van der Waals surface area contributed by atoms with Gasteiger partial charge in [-0.15, -0.1) is 0 Å². The smallest absolute Gasteiger partial charge is 0.196 e. The number of nitrogens with zero attached hydrogens (tertiary/aromatic N) is 1. The summed E-state index contributed by atoms with van der Waals surface area (Å²) in [4.78, 5) is 4.41. The molecule has 0 aliphatic heterocycles. The number of hydrogen-bond acceptors (Lipinski definition) is 2. The average Bonchev–Trinajstić information content (AvgIpc) is 2.80. The minimum Gasteiger partial charge on any atom is -0.441 e. The van der Waals surface area contributed by atoms with Crippen molar-refractivity contribution in [2.75, 3.05) is 0 Å². The van der Waals surface area contributed by atoms with E-state index in [2.05, 4.69) is 20.9 Å². The summed E-state index contributed by atoms with van der Waals surface area (Å²) in [6.07, 6.45) is 0.581. The van der Waals surface area contributed by atoms with E-state index >= 15 is 0 Å². The van der Waals surface area contributed by atoms with E-state index in [0.717, 1.165) is 16.7 Å². The molecule has 1 aromatic heterocycles. The van der Waals surface area contributed by atoms with Crippen LogP contribution < -0.4 is 0 Å². The Morgan fingerprint density at radius 2 is 1.75 bits per heavy atom. The van der Waals surface area contributed by atoms with Crippen LogP contribution in [0, 0.1) is 0 Å². The molecule has 1 unspecified atom stereocenters. The van der Waals surface area contributed by atoms with Gasteiger partial charge >= 0.3 is 0 Å². The first-order valence-corrected chi connectivity index (χ1v) is 7.75. The molecule has 0 bridgehead atoms. The van der Waals surface area contributed by atoms with Crippen molar-refractivity contribution in [3.05, 3.63) is 64.0 Å². The van der Waals surface area contributed by atoms with Gasteiger partial charge in [-0.3, -0.25) is 0 Å². The lowest BCUT2D eigenvalue weighted by molar-refractivity contribution is 0.527. The zero-order valence-corrected chi connectivity index (χ0v) is 13.4. The van der Waals surface area contributed by atoms with Crippen molar-refractivity contribution in [2.24, 2.45) is 0 Å². The molecule has 5 heteroatoms. The highest BCUT2D eigenvalue weighted by atomic mass is 79.9. The van der Waals surface area contributed by atoms with Crippen molar-refractivity contribution in [1.29, 1.82) is 0 Å². The first-order chi connectivity index (χ1) is 9.65. The molecule has 2 aromatic carbocycles. The number of aromatic nitrogens is 1. The lowest BCUT2D eigenvalue weighted by Gasteiger charge is -2.11. The Morgan fingerprint density at radius 1 is 1.05 bits per heavy atom. The molecule has 3 rings (SSSR count). The molecular weight excluding hydrogens is 361 g/mol. The molecule has 20 heavy (non-hydrogen) atoms. The minimum absolute atomic E-state index is 0.0447. The second-order valence-corrected chi connectivity index (χ2v) is 6.30. The standard InChI is InChI=1S/C15H10BrCl2NO/c16-9(15-10(17)4-3-5-11(15)18)8-14-19-12-6-1-2-7-13(12)20-14/h1-7,9H,8H2. The maximum atomic E-state index is 6.20. The van der Waals surface area contributed by atoms with Crippen LogP contribution in [0.15, 0.2) is 46.9 Å². The summed E-state index contributed by atoms with van der Waals surface area (Å²) in [6.45, 7) is 0. The minimum atomic E-state index is -0.0447. The Balaban J connectivity index is 1.90. The van der Waals surface area contributed by atoms with Crippen LogP contribution in [-0.4, -0.2) is 4.98 Å². The van der Waals surface area contributed by atoms with Gasteiger partial charge in [0.1, 0.15) is 5.52 Å². The van der Waals surface area contributed by atoms with Crippen LogP contribution in [0.25, 0.3) is 11.1 Å². The zero-order chi connectivity index (χ0) is 14.1. The molecule has 1 heterocycles. The lowest BCUT2D eigenvalue weighted by Crippen LogP contribution is -1.97. The third-order valence-corrected chi connectivity index (χ3v) is 4.45. The molecule has 2 nitrogen and oxygen atoms in total. The number of oxazole rings is 1. The maximum absolute atomic E-state index is 6.20. The average molecular weight is 371 g/mol. The summed E-state index contributed by atoms with van der Waals surface area (Å²) in [5, 5.41) is 1.27. The number of para-hydroxylation sites is 2. The van der Waals surface area contributed by atoms with E-state index < -0.39 is 0 Å². The summed E-state index contributed by atoms with van der Waals surface area (Å²) in [6, 6.07) is 13.2. The summed E-state index contributed by atoms with van der Waals surface area (Å²) >= 11 is 16.0. The SMILES string of the molecule is Clc1cccc(Cl)c1C(Br)Cc1nc2ccccc2o1. The largest absolute Gasteiger partial charge is 0.441 e. The van der Waals surface area contributed by atoms with Crippen molar-refractivity contribution in [3.8, 4) is 0 Å². The topological polar surface area (TPSA) is 26.0 Å². The monoisotopic (exact) mass is 369 g/mol. The molecule has 0 fully saturated rings. The van der Waals surface area contributed by atoms with E-state index in [1.54, 1.807) is 0 Å². The lowest BCUT2D eigenvalue weighted by atomic mass is 10.1. The van der Waals surface area contributed by atoms with Gasteiger partial charge < -0.3 is 4.42 Å². The summed E-state index contributed by atoms with van der Waals surface area (Å²) in [5.74, 6) is 0.657. The fraction of sp³-hybridized carbons (Fsp3) is 0.133. The molecule has 0 saturated heterocycles. The predicted molar refractivity (Wildman–Crippen MR) is 85.8 cm³/mol. The fourth-order valence-electron chi connectivity index (χ4n) is 2.07. The van der Waals surface area contributed by atoms with Crippen molar-refractivity contribution in [3.63, 3.8) is 0 Å². The summed E-state index contributed by atoms with van der Waals surface area (Å²) in [5.41, 5.74) is 2.50. The van der Waals surface area contributed by atoms with E-state index in [-0.39, 0.29) is 4.83 Å². The predicted octanol–water partition coefficient (Wildman–Crippen LogP) is 5.81. The molecule has 3 aromatic rings. The van der Waals surface area contributed by atoms with Gasteiger partial charge in [0.2, 0.25) is 0 Å². The maximum Gasteiger partial charge on any atom is 0.196 e. The highest BCUT2D eigenvalue weighted by molar-refractivity contribution is 9.09. The Kier molecular flexibility index (Phi) is 4.01. The Hall–Kier alpha value is -1.03. The van der Waals surface area contributed by atoms with E-state index in [1.165, 1.54) is 0 Å². The van der Waals surface area contributed by atoms with Crippen molar-refractivity contribution < 1.29 is 4.42 Å². The number of halogens is 3. The van der Waals surface area contributed by atoms with Gasteiger partial charge in [-0.2, -0.15) is 0 Å². The summed E-state index contributed by atoms with van der Waals surface area (Å²) in [7, 11) is 0. The van der Waals surface area contributed by atoms with Crippen molar-refractivity contribution >= 4 is 50.2 Å². The highest BCUT2D eigenvalue weighted by Crippen LogP contribution is 2.37. The molecule has 0 aliphatic carbocycles. The third kappa shape index (κ3) is 2.71. The molecule has 1 atom stereocenters. The summed E-state index contributed by atoms with van der Waals surface area (Å²) < 4.78 is 5.71. The third-order valence-electron chi connectivity index (χ3n) is 3.00. The van der Waals surface area contributed by atoms with E-state index in [0.29, 0.717) is 22.4 Å². The van der Waals surface area contributed by atoms with Crippen LogP contribution >= 0.6 is 39.1 Å². The van der Waals surface area contributed by atoms with Crippen LogP contribution in [0.3, 0.4) is 0 Å². The normalized spacial score (nSPS) is 12.8. The van der Waals surface area contributed by atoms with Gasteiger partial charge in [0, 0.05) is 22.0 Å². The first-order valence-electron chi connectivity index (χ1n) is 6.07. The van der Waals surface area contributed by atoms with E-state index in [1.807, 2.05) is 42.5 Å². The van der Waals surface area contributed by atoms with Gasteiger partial charge in [-0.25, -0.2) is 4.98 Å². The molecule has 0 saturated carbocycles. The molecule has 102 valence electrons. The Bertz CT molecular complexity index is 703. The van der Waals surface area contributed by atoms with Gasteiger partial charge in [-0.1, -0.05) is 57.3 Å². The molecule has 0 radical (unpaired) electrons. The quantitative estimate of drug-likeness (QED) is 0.543. The van der Waals surface area contributed by atoms with Crippen LogP contribution in [0.4, 0.5) is 0 Å². The number of benzene rings is 2. The van der Waals surface area contributed by atoms with Gasteiger partial charge in [-0.05, 0) is 24.3 Å². The van der Waals surface area contributed by atoms with E-state index in [4.69, 9.17) is 27.6 Å². The van der Waals surface area contributed by atoms with Gasteiger partial charge in [0.15, 0.2) is 11.5 Å². The Labute approximate surface area is 134 Å². The van der Waals surface area contributed by atoms with Crippen LogP contribution in [0.2, 0.25) is 10.0 Å². The van der Waals surface area contributed by atoms with Gasteiger partial charge in [0.05, 0.1) is 4.83 Å². The number of fused-ring (bicyclic) bond motifs is 1. The van der Waals surface area contributed by atoms with Crippen LogP contribution in [0.5, 0.6) is 0 Å². The second kappa shape index (κ2) is 5.76. The van der Waals surface area contributed by atoms with Gasteiger partial charge in [0.25, 0.3) is 0 Å². The number of alkyl halides is 1. The number of rotatable bonds is 3. The molecule has 0 aliphatic rings. The van der Waals surface area contributed by atoms with Crippen molar-refractivity contribution in [1.82, 2.24) is 4.98 Å². The molecule has 0 amide bonds. The first kappa shape index (κ1) is 13.9. The molecular formula is C15H10BrCl2NO. The number of hydrogen-bond donors (Lipinski definition) is 0. The second-order valence-electron chi connectivity index (χ2n) is 4.38. The van der Waals surface area contributed by atoms with Crippen molar-refractivity contribution in [2.45, 2.75) is 11.2 Å².